The van der Waals surface area contributed by atoms with E-state index < -0.39 is 23.3 Å². The summed E-state index contributed by atoms with van der Waals surface area (Å²) in [6.07, 6.45) is -0.121. The lowest BCUT2D eigenvalue weighted by atomic mass is 10.0. The molecule has 7 heteroatoms. The number of benzene rings is 1. The fourth-order valence-corrected chi connectivity index (χ4v) is 2.55. The molecule has 0 spiro atoms. The van der Waals surface area contributed by atoms with Crippen molar-refractivity contribution < 1.29 is 18.3 Å². The monoisotopic (exact) mass is 341 g/mol. The number of halogens is 2. The molecule has 2 N–H and O–H groups in total. The number of nitrogens with zero attached hydrogens (tertiary/aromatic N) is 2. The average Bonchev–Trinajstić information content (AvgIpc) is 2.40. The predicted molar refractivity (Wildman–Crippen MR) is 89.1 cm³/mol. The second-order valence-electron chi connectivity index (χ2n) is 7.08. The Morgan fingerprint density at radius 3 is 2.50 bits per heavy atom. The number of anilines is 1. The van der Waals surface area contributed by atoms with Gasteiger partial charge in [0, 0.05) is 26.2 Å². The Kier molecular flexibility index (Phi) is 5.32. The zero-order chi connectivity index (χ0) is 18.1. The lowest BCUT2D eigenvalue weighted by Crippen LogP contribution is -2.60. The zero-order valence-corrected chi connectivity index (χ0v) is 14.6. The fraction of sp³-hybridized carbons (Fsp3) is 0.588. The third-order valence-electron chi connectivity index (χ3n) is 3.96. The molecule has 0 aromatic heterocycles. The van der Waals surface area contributed by atoms with E-state index in [-0.39, 0.29) is 23.8 Å². The summed E-state index contributed by atoms with van der Waals surface area (Å²) in [6, 6.07) is 2.30. The quantitative estimate of drug-likeness (QED) is 0.914. The summed E-state index contributed by atoms with van der Waals surface area (Å²) in [5, 5.41) is 0. The van der Waals surface area contributed by atoms with E-state index in [4.69, 9.17) is 10.5 Å². The van der Waals surface area contributed by atoms with Crippen LogP contribution in [0.5, 0.6) is 0 Å². The van der Waals surface area contributed by atoms with Crippen molar-refractivity contribution in [3.8, 4) is 0 Å². The van der Waals surface area contributed by atoms with Crippen molar-refractivity contribution in [1.29, 1.82) is 0 Å². The third kappa shape index (κ3) is 4.14. The SMILES string of the molecule is CN(C(=O)OC(C)(C)C)C1CN(c2cc(F)c(CCN)cc2F)C1. The van der Waals surface area contributed by atoms with E-state index >= 15 is 0 Å². The van der Waals surface area contributed by atoms with Crippen LogP contribution in [0.1, 0.15) is 26.3 Å². The van der Waals surface area contributed by atoms with Crippen molar-refractivity contribution in [2.75, 3.05) is 31.6 Å². The van der Waals surface area contributed by atoms with E-state index in [0.717, 1.165) is 0 Å². The molecule has 0 bridgehead atoms. The molecular weight excluding hydrogens is 316 g/mol. The van der Waals surface area contributed by atoms with E-state index in [1.54, 1.807) is 32.7 Å². The van der Waals surface area contributed by atoms with Crippen LogP contribution in [0, 0.1) is 11.6 Å². The molecule has 1 aliphatic rings. The molecule has 24 heavy (non-hydrogen) atoms. The lowest BCUT2D eigenvalue weighted by molar-refractivity contribution is 0.0197. The molecule has 1 amide bonds. The van der Waals surface area contributed by atoms with E-state index in [1.165, 1.54) is 17.0 Å². The zero-order valence-electron chi connectivity index (χ0n) is 14.6. The first-order valence-corrected chi connectivity index (χ1v) is 8.01. The summed E-state index contributed by atoms with van der Waals surface area (Å²) in [7, 11) is 1.65. The molecule has 1 saturated heterocycles. The van der Waals surface area contributed by atoms with Gasteiger partial charge in [0.15, 0.2) is 0 Å². The summed E-state index contributed by atoms with van der Waals surface area (Å²) in [6.45, 7) is 6.53. The summed E-state index contributed by atoms with van der Waals surface area (Å²) in [5.74, 6) is -0.931. The Morgan fingerprint density at radius 1 is 1.33 bits per heavy atom. The minimum atomic E-state index is -0.567. The van der Waals surface area contributed by atoms with Crippen LogP contribution in [0.2, 0.25) is 0 Å². The smallest absolute Gasteiger partial charge is 0.410 e. The molecule has 1 aromatic rings. The second-order valence-corrected chi connectivity index (χ2v) is 7.08. The maximum Gasteiger partial charge on any atom is 0.410 e. The van der Waals surface area contributed by atoms with Crippen molar-refractivity contribution >= 4 is 11.8 Å². The van der Waals surface area contributed by atoms with Crippen LogP contribution >= 0.6 is 0 Å². The lowest BCUT2D eigenvalue weighted by Gasteiger charge is -2.45. The van der Waals surface area contributed by atoms with Gasteiger partial charge in [0.1, 0.15) is 17.2 Å². The molecular formula is C17H25F2N3O2. The normalized spacial score (nSPS) is 15.2. The molecule has 1 heterocycles. The summed E-state index contributed by atoms with van der Waals surface area (Å²) < 4.78 is 33.5. The maximum atomic E-state index is 14.2. The molecule has 0 atom stereocenters. The largest absolute Gasteiger partial charge is 0.444 e. The predicted octanol–water partition coefficient (Wildman–Crippen LogP) is 2.52. The number of carbonyl (C=O) groups excluding carboxylic acids is 1. The van der Waals surface area contributed by atoms with Gasteiger partial charge in [-0.2, -0.15) is 0 Å². The second kappa shape index (κ2) is 6.93. The fourth-order valence-electron chi connectivity index (χ4n) is 2.55. The molecule has 1 aromatic carbocycles. The minimum Gasteiger partial charge on any atom is -0.444 e. The van der Waals surface area contributed by atoms with Crippen molar-refractivity contribution in [1.82, 2.24) is 4.90 Å². The first-order chi connectivity index (χ1) is 11.1. The van der Waals surface area contributed by atoms with Crippen LogP contribution in [-0.4, -0.2) is 49.3 Å². The van der Waals surface area contributed by atoms with Crippen molar-refractivity contribution in [3.63, 3.8) is 0 Å². The molecule has 1 fully saturated rings. The average molecular weight is 341 g/mol. The van der Waals surface area contributed by atoms with Gasteiger partial charge >= 0.3 is 6.09 Å². The third-order valence-corrected chi connectivity index (χ3v) is 3.96. The number of nitrogens with two attached hydrogens (primary N) is 1. The number of carbonyl (C=O) groups is 1. The molecule has 0 aliphatic carbocycles. The van der Waals surface area contributed by atoms with E-state index in [1.807, 2.05) is 0 Å². The molecule has 134 valence electrons. The molecule has 5 nitrogen and oxygen atoms in total. The van der Waals surface area contributed by atoms with E-state index in [9.17, 15) is 13.6 Å². The van der Waals surface area contributed by atoms with Crippen molar-refractivity contribution in [3.05, 3.63) is 29.3 Å². The van der Waals surface area contributed by atoms with Gasteiger partial charge in [0.2, 0.25) is 0 Å². The maximum absolute atomic E-state index is 14.2. The summed E-state index contributed by atoms with van der Waals surface area (Å²) in [5.41, 5.74) is 5.31. The standard InChI is InChI=1S/C17H25F2N3O2/c1-17(2,3)24-16(23)21(4)12-9-22(10-12)15-8-13(18)11(5-6-20)7-14(15)19/h7-8,12H,5-6,9-10,20H2,1-4H3. The van der Waals surface area contributed by atoms with Crippen LogP contribution in [0.25, 0.3) is 0 Å². The number of likely N-dealkylation sites (N-methyl/N-ethyl adjacent to an activating group) is 1. The van der Waals surface area contributed by atoms with Crippen molar-refractivity contribution in [2.45, 2.75) is 38.8 Å². The van der Waals surface area contributed by atoms with Crippen molar-refractivity contribution in [2.24, 2.45) is 5.73 Å². The van der Waals surface area contributed by atoms with Crippen LogP contribution in [0.4, 0.5) is 19.3 Å². The first kappa shape index (κ1) is 18.4. The highest BCUT2D eigenvalue weighted by molar-refractivity contribution is 5.69. The van der Waals surface area contributed by atoms with Gasteiger partial charge in [0.25, 0.3) is 0 Å². The molecule has 0 radical (unpaired) electrons. The highest BCUT2D eigenvalue weighted by Gasteiger charge is 2.35. The van der Waals surface area contributed by atoms with Gasteiger partial charge < -0.3 is 20.3 Å². The minimum absolute atomic E-state index is 0.0916. The number of ether oxygens (including phenoxy) is 1. The highest BCUT2D eigenvalue weighted by atomic mass is 19.1. The molecule has 2 rings (SSSR count). The number of hydrogen-bond acceptors (Lipinski definition) is 4. The Bertz CT molecular complexity index is 611. The topological polar surface area (TPSA) is 58.8 Å². The molecule has 0 saturated carbocycles. The number of hydrogen-bond donors (Lipinski definition) is 1. The molecule has 0 unspecified atom stereocenters. The number of amides is 1. The van der Waals surface area contributed by atoms with Gasteiger partial charge in [-0.05, 0) is 45.4 Å². The Hall–Kier alpha value is -1.89. The van der Waals surface area contributed by atoms with Gasteiger partial charge in [-0.25, -0.2) is 13.6 Å². The number of rotatable bonds is 4. The first-order valence-electron chi connectivity index (χ1n) is 8.01. The van der Waals surface area contributed by atoms with E-state index in [2.05, 4.69) is 0 Å². The van der Waals surface area contributed by atoms with Gasteiger partial charge in [-0.1, -0.05) is 0 Å². The summed E-state index contributed by atoms with van der Waals surface area (Å²) >= 11 is 0. The van der Waals surface area contributed by atoms with Crippen LogP contribution < -0.4 is 10.6 Å². The van der Waals surface area contributed by atoms with Gasteiger partial charge in [-0.15, -0.1) is 0 Å². The van der Waals surface area contributed by atoms with Crippen LogP contribution in [0.15, 0.2) is 12.1 Å². The summed E-state index contributed by atoms with van der Waals surface area (Å²) in [4.78, 5) is 15.2. The Balaban J connectivity index is 1.99. The highest BCUT2D eigenvalue weighted by Crippen LogP contribution is 2.29. The van der Waals surface area contributed by atoms with E-state index in [0.29, 0.717) is 19.5 Å². The van der Waals surface area contributed by atoms with Gasteiger partial charge in [0.05, 0.1) is 11.7 Å². The van der Waals surface area contributed by atoms with Crippen LogP contribution in [0.3, 0.4) is 0 Å². The Labute approximate surface area is 141 Å². The Morgan fingerprint density at radius 2 is 1.96 bits per heavy atom. The van der Waals surface area contributed by atoms with Crippen LogP contribution in [-0.2, 0) is 11.2 Å². The van der Waals surface area contributed by atoms with Gasteiger partial charge in [-0.3, -0.25) is 0 Å². The molecule has 1 aliphatic heterocycles.